The summed E-state index contributed by atoms with van der Waals surface area (Å²) in [6, 6.07) is 3.41. The van der Waals surface area contributed by atoms with E-state index >= 15 is 0 Å². The Morgan fingerprint density at radius 1 is 1.53 bits per heavy atom. The molecule has 0 aliphatic heterocycles. The van der Waals surface area contributed by atoms with Crippen LogP contribution in [-0.2, 0) is 11.8 Å². The first kappa shape index (κ1) is 13.8. The van der Waals surface area contributed by atoms with Gasteiger partial charge in [-0.3, -0.25) is 0 Å². The second-order valence-electron chi connectivity index (χ2n) is 3.23. The Labute approximate surface area is 104 Å². The minimum absolute atomic E-state index is 0.0983. The molecule has 0 saturated carbocycles. The van der Waals surface area contributed by atoms with E-state index in [9.17, 15) is 13.2 Å². The van der Waals surface area contributed by atoms with Crippen LogP contribution in [0.3, 0.4) is 0 Å². The SMILES string of the molecule is Cc1cc(CC#N)c(CBr)nc1OC(F)(F)F. The van der Waals surface area contributed by atoms with Crippen LogP contribution in [0.15, 0.2) is 6.07 Å². The van der Waals surface area contributed by atoms with Gasteiger partial charge in [0.1, 0.15) is 0 Å². The van der Waals surface area contributed by atoms with E-state index in [4.69, 9.17) is 5.26 Å². The van der Waals surface area contributed by atoms with E-state index in [-0.39, 0.29) is 17.3 Å². The van der Waals surface area contributed by atoms with E-state index in [1.54, 1.807) is 0 Å². The third-order valence-corrected chi connectivity index (χ3v) is 2.47. The molecule has 17 heavy (non-hydrogen) atoms. The molecule has 0 amide bonds. The van der Waals surface area contributed by atoms with E-state index in [2.05, 4.69) is 25.7 Å². The van der Waals surface area contributed by atoms with Crippen LogP contribution in [0.25, 0.3) is 0 Å². The highest BCUT2D eigenvalue weighted by molar-refractivity contribution is 9.08. The number of halogens is 4. The van der Waals surface area contributed by atoms with E-state index in [1.165, 1.54) is 13.0 Å². The average Bonchev–Trinajstić information content (AvgIpc) is 2.20. The molecule has 0 spiro atoms. The number of rotatable bonds is 3. The standard InChI is InChI=1S/C10H8BrF3N2O/c1-6-4-7(2-3-15)8(5-11)16-9(6)17-10(12,13)14/h4H,2,5H2,1H3. The molecule has 0 radical (unpaired) electrons. The third-order valence-electron chi connectivity index (χ3n) is 1.94. The number of nitrogens with zero attached hydrogens (tertiary/aromatic N) is 2. The van der Waals surface area contributed by atoms with Gasteiger partial charge in [0.2, 0.25) is 5.88 Å². The smallest absolute Gasteiger partial charge is 0.388 e. The van der Waals surface area contributed by atoms with Crippen LogP contribution in [-0.4, -0.2) is 11.3 Å². The molecule has 0 aromatic carbocycles. The van der Waals surface area contributed by atoms with Gasteiger partial charge >= 0.3 is 6.36 Å². The minimum Gasteiger partial charge on any atom is -0.388 e. The summed E-state index contributed by atoms with van der Waals surface area (Å²) in [5.41, 5.74) is 1.21. The molecule has 0 N–H and O–H groups in total. The van der Waals surface area contributed by atoms with Gasteiger partial charge in [-0.05, 0) is 18.6 Å². The first-order chi connectivity index (χ1) is 7.87. The molecule has 0 bridgehead atoms. The van der Waals surface area contributed by atoms with Crippen LogP contribution >= 0.6 is 15.9 Å². The predicted octanol–water partition coefficient (Wildman–Crippen LogP) is 3.25. The highest BCUT2D eigenvalue weighted by atomic mass is 79.9. The summed E-state index contributed by atoms with van der Waals surface area (Å²) in [6.45, 7) is 1.45. The molecular formula is C10H8BrF3N2O. The van der Waals surface area contributed by atoms with Crippen molar-refractivity contribution in [3.8, 4) is 11.9 Å². The average molecular weight is 309 g/mol. The van der Waals surface area contributed by atoms with E-state index in [0.29, 0.717) is 11.3 Å². The molecule has 0 unspecified atom stereocenters. The maximum atomic E-state index is 12.1. The van der Waals surface area contributed by atoms with E-state index in [0.717, 1.165) is 0 Å². The summed E-state index contributed by atoms with van der Waals surface area (Å²) in [5, 5.41) is 8.84. The monoisotopic (exact) mass is 308 g/mol. The largest absolute Gasteiger partial charge is 0.574 e. The van der Waals surface area contributed by atoms with Gasteiger partial charge in [0.05, 0.1) is 18.2 Å². The van der Waals surface area contributed by atoms with Crippen molar-refractivity contribution < 1.29 is 17.9 Å². The Morgan fingerprint density at radius 3 is 2.65 bits per heavy atom. The van der Waals surface area contributed by atoms with Crippen molar-refractivity contribution >= 4 is 15.9 Å². The van der Waals surface area contributed by atoms with Crippen LogP contribution in [0, 0.1) is 18.3 Å². The van der Waals surface area contributed by atoms with Crippen molar-refractivity contribution in [2.45, 2.75) is 25.0 Å². The zero-order valence-electron chi connectivity index (χ0n) is 8.81. The normalized spacial score (nSPS) is 11.1. The quantitative estimate of drug-likeness (QED) is 0.805. The fraction of sp³-hybridized carbons (Fsp3) is 0.400. The minimum atomic E-state index is -4.77. The summed E-state index contributed by atoms with van der Waals surface area (Å²) in [6.07, 6.45) is -4.67. The Hall–Kier alpha value is -1.29. The van der Waals surface area contributed by atoms with Crippen LogP contribution in [0.1, 0.15) is 16.8 Å². The van der Waals surface area contributed by atoms with Gasteiger partial charge in [-0.2, -0.15) is 5.26 Å². The van der Waals surface area contributed by atoms with E-state index in [1.807, 2.05) is 6.07 Å². The van der Waals surface area contributed by atoms with Gasteiger partial charge in [-0.15, -0.1) is 13.2 Å². The summed E-state index contributed by atoms with van der Waals surface area (Å²) in [5.74, 6) is -0.478. The van der Waals surface area contributed by atoms with Crippen molar-refractivity contribution in [1.29, 1.82) is 5.26 Å². The van der Waals surface area contributed by atoms with Crippen molar-refractivity contribution in [2.75, 3.05) is 0 Å². The van der Waals surface area contributed by atoms with Crippen LogP contribution in [0.5, 0.6) is 5.88 Å². The number of aryl methyl sites for hydroxylation is 1. The number of alkyl halides is 4. The second-order valence-corrected chi connectivity index (χ2v) is 3.79. The van der Waals surface area contributed by atoms with Gasteiger partial charge in [-0.25, -0.2) is 4.98 Å². The Morgan fingerprint density at radius 2 is 2.18 bits per heavy atom. The summed E-state index contributed by atoms with van der Waals surface area (Å²) in [7, 11) is 0. The molecule has 0 aliphatic carbocycles. The number of aromatic nitrogens is 1. The van der Waals surface area contributed by atoms with Crippen LogP contribution < -0.4 is 4.74 Å². The third kappa shape index (κ3) is 3.89. The topological polar surface area (TPSA) is 45.9 Å². The molecule has 7 heteroatoms. The van der Waals surface area contributed by atoms with Crippen molar-refractivity contribution in [3.05, 3.63) is 22.9 Å². The molecule has 1 aromatic rings. The fourth-order valence-corrected chi connectivity index (χ4v) is 1.74. The highest BCUT2D eigenvalue weighted by Gasteiger charge is 2.32. The number of pyridine rings is 1. The molecule has 1 rings (SSSR count). The molecule has 0 fully saturated rings. The number of ether oxygens (including phenoxy) is 1. The maximum Gasteiger partial charge on any atom is 0.574 e. The molecule has 0 saturated heterocycles. The lowest BCUT2D eigenvalue weighted by molar-refractivity contribution is -0.276. The number of nitriles is 1. The second kappa shape index (κ2) is 5.36. The van der Waals surface area contributed by atoms with Gasteiger partial charge in [0.25, 0.3) is 0 Å². The number of hydrogen-bond donors (Lipinski definition) is 0. The van der Waals surface area contributed by atoms with Crippen molar-refractivity contribution in [3.63, 3.8) is 0 Å². The predicted molar refractivity (Wildman–Crippen MR) is 57.6 cm³/mol. The number of hydrogen-bond acceptors (Lipinski definition) is 3. The summed E-state index contributed by atoms with van der Waals surface area (Å²) >= 11 is 3.11. The van der Waals surface area contributed by atoms with Crippen LogP contribution in [0.2, 0.25) is 0 Å². The highest BCUT2D eigenvalue weighted by Crippen LogP contribution is 2.26. The summed E-state index contributed by atoms with van der Waals surface area (Å²) < 4.78 is 40.0. The molecule has 92 valence electrons. The lowest BCUT2D eigenvalue weighted by Crippen LogP contribution is -2.19. The van der Waals surface area contributed by atoms with Crippen LogP contribution in [0.4, 0.5) is 13.2 Å². The van der Waals surface area contributed by atoms with Gasteiger partial charge in [0.15, 0.2) is 0 Å². The molecule has 0 atom stereocenters. The zero-order chi connectivity index (χ0) is 13.1. The molecule has 3 nitrogen and oxygen atoms in total. The lowest BCUT2D eigenvalue weighted by Gasteiger charge is -2.13. The molecule has 0 aliphatic rings. The van der Waals surface area contributed by atoms with Gasteiger partial charge < -0.3 is 4.74 Å². The molecule has 1 aromatic heterocycles. The Balaban J connectivity index is 3.14. The first-order valence-corrected chi connectivity index (χ1v) is 5.67. The van der Waals surface area contributed by atoms with Gasteiger partial charge in [-0.1, -0.05) is 15.9 Å². The Bertz CT molecular complexity index is 454. The fourth-order valence-electron chi connectivity index (χ4n) is 1.26. The maximum absolute atomic E-state index is 12.1. The first-order valence-electron chi connectivity index (χ1n) is 4.55. The molecular weight excluding hydrogens is 301 g/mol. The molecule has 1 heterocycles. The van der Waals surface area contributed by atoms with Crippen molar-refractivity contribution in [2.24, 2.45) is 0 Å². The zero-order valence-corrected chi connectivity index (χ0v) is 10.4. The van der Waals surface area contributed by atoms with Gasteiger partial charge in [0, 0.05) is 10.9 Å². The summed E-state index contributed by atoms with van der Waals surface area (Å²) in [4.78, 5) is 3.75. The Kier molecular flexibility index (Phi) is 4.34. The van der Waals surface area contributed by atoms with E-state index < -0.39 is 12.2 Å². The lowest BCUT2D eigenvalue weighted by atomic mass is 10.1. The van der Waals surface area contributed by atoms with Crippen molar-refractivity contribution in [1.82, 2.24) is 4.98 Å².